The number of carbonyl (C=O) groups is 1. The van der Waals surface area contributed by atoms with E-state index in [0.717, 1.165) is 12.0 Å². The van der Waals surface area contributed by atoms with Crippen molar-refractivity contribution in [1.29, 1.82) is 0 Å². The minimum absolute atomic E-state index is 0.142. The molecule has 1 aliphatic carbocycles. The fourth-order valence-electron chi connectivity index (χ4n) is 1.76. The van der Waals surface area contributed by atoms with Gasteiger partial charge >= 0.3 is 0 Å². The second-order valence-corrected chi connectivity index (χ2v) is 4.03. The molecule has 3 heteroatoms. The molecule has 1 saturated carbocycles. The zero-order chi connectivity index (χ0) is 10.7. The fourth-order valence-corrected chi connectivity index (χ4v) is 1.76. The summed E-state index contributed by atoms with van der Waals surface area (Å²) in [6, 6.07) is 3.94. The summed E-state index contributed by atoms with van der Waals surface area (Å²) in [5, 5.41) is 0. The smallest absolute Gasteiger partial charge is 0.181 e. The highest BCUT2D eigenvalue weighted by Gasteiger charge is 2.28. The molecular weight excluding hydrogens is 188 g/mol. The van der Waals surface area contributed by atoms with Crippen molar-refractivity contribution in [3.8, 4) is 0 Å². The highest BCUT2D eigenvalue weighted by Crippen LogP contribution is 2.41. The third kappa shape index (κ3) is 2.42. The van der Waals surface area contributed by atoms with Gasteiger partial charge in [-0.05, 0) is 43.4 Å². The first kappa shape index (κ1) is 10.3. The van der Waals surface area contributed by atoms with Gasteiger partial charge in [0.1, 0.15) is 5.69 Å². The second kappa shape index (κ2) is 4.53. The van der Waals surface area contributed by atoms with Crippen LogP contribution in [0, 0.1) is 0 Å². The van der Waals surface area contributed by atoms with Gasteiger partial charge in [-0.3, -0.25) is 9.78 Å². The SMILES string of the molecule is NCCCC(=O)c1ncccc1C1CC1. The average molecular weight is 204 g/mol. The number of nitrogens with two attached hydrogens (primary N) is 1. The van der Waals surface area contributed by atoms with Crippen molar-refractivity contribution >= 4 is 5.78 Å². The van der Waals surface area contributed by atoms with Crippen molar-refractivity contribution in [2.75, 3.05) is 6.54 Å². The van der Waals surface area contributed by atoms with Crippen molar-refractivity contribution in [3.05, 3.63) is 29.6 Å². The van der Waals surface area contributed by atoms with Crippen molar-refractivity contribution in [3.63, 3.8) is 0 Å². The Morgan fingerprint density at radius 1 is 1.53 bits per heavy atom. The molecule has 0 radical (unpaired) electrons. The Morgan fingerprint density at radius 2 is 2.33 bits per heavy atom. The van der Waals surface area contributed by atoms with Crippen LogP contribution in [0.3, 0.4) is 0 Å². The van der Waals surface area contributed by atoms with Crippen molar-refractivity contribution in [1.82, 2.24) is 4.98 Å². The van der Waals surface area contributed by atoms with Gasteiger partial charge in [0.25, 0.3) is 0 Å². The lowest BCUT2D eigenvalue weighted by Crippen LogP contribution is -2.08. The maximum Gasteiger partial charge on any atom is 0.181 e. The van der Waals surface area contributed by atoms with Crippen LogP contribution in [0.1, 0.15) is 47.7 Å². The molecule has 0 spiro atoms. The molecule has 1 heterocycles. The molecule has 0 bridgehead atoms. The molecule has 0 aliphatic heterocycles. The van der Waals surface area contributed by atoms with Gasteiger partial charge in [-0.15, -0.1) is 0 Å². The summed E-state index contributed by atoms with van der Waals surface area (Å²) in [6.45, 7) is 0.567. The molecule has 0 saturated heterocycles. The van der Waals surface area contributed by atoms with Crippen LogP contribution in [0.5, 0.6) is 0 Å². The molecule has 1 aliphatic rings. The molecule has 0 aromatic carbocycles. The molecule has 0 atom stereocenters. The summed E-state index contributed by atoms with van der Waals surface area (Å²) < 4.78 is 0. The van der Waals surface area contributed by atoms with Gasteiger partial charge in [-0.1, -0.05) is 6.07 Å². The summed E-state index contributed by atoms with van der Waals surface area (Å²) in [5.41, 5.74) is 7.21. The van der Waals surface area contributed by atoms with Crippen LogP contribution < -0.4 is 5.73 Å². The Balaban J connectivity index is 2.15. The van der Waals surface area contributed by atoms with E-state index in [0.29, 0.717) is 24.6 Å². The topological polar surface area (TPSA) is 56.0 Å². The molecular formula is C12H16N2O. The molecule has 1 fully saturated rings. The second-order valence-electron chi connectivity index (χ2n) is 4.03. The number of pyridine rings is 1. The van der Waals surface area contributed by atoms with Crippen LogP contribution in [-0.2, 0) is 0 Å². The monoisotopic (exact) mass is 204 g/mol. The van der Waals surface area contributed by atoms with E-state index >= 15 is 0 Å². The van der Waals surface area contributed by atoms with Gasteiger partial charge in [-0.25, -0.2) is 0 Å². The number of nitrogens with zero attached hydrogens (tertiary/aromatic N) is 1. The van der Waals surface area contributed by atoms with E-state index in [2.05, 4.69) is 4.98 Å². The van der Waals surface area contributed by atoms with Gasteiger partial charge in [0.15, 0.2) is 5.78 Å². The Hall–Kier alpha value is -1.22. The van der Waals surface area contributed by atoms with Crippen LogP contribution in [0.15, 0.2) is 18.3 Å². The molecule has 0 unspecified atom stereocenters. The normalized spacial score (nSPS) is 15.3. The molecule has 2 N–H and O–H groups in total. The van der Waals surface area contributed by atoms with E-state index in [1.54, 1.807) is 6.20 Å². The molecule has 1 aromatic heterocycles. The molecule has 2 rings (SSSR count). The van der Waals surface area contributed by atoms with Gasteiger partial charge in [0, 0.05) is 12.6 Å². The van der Waals surface area contributed by atoms with Crippen LogP contribution in [-0.4, -0.2) is 17.3 Å². The molecule has 3 nitrogen and oxygen atoms in total. The first-order valence-corrected chi connectivity index (χ1v) is 5.51. The number of carbonyl (C=O) groups excluding carboxylic acids is 1. The average Bonchev–Trinajstić information content (AvgIpc) is 3.09. The van der Waals surface area contributed by atoms with Crippen LogP contribution in [0.25, 0.3) is 0 Å². The van der Waals surface area contributed by atoms with Crippen LogP contribution >= 0.6 is 0 Å². The van der Waals surface area contributed by atoms with E-state index in [-0.39, 0.29) is 5.78 Å². The highest BCUT2D eigenvalue weighted by molar-refractivity contribution is 5.95. The summed E-state index contributed by atoms with van der Waals surface area (Å²) in [5.74, 6) is 0.721. The van der Waals surface area contributed by atoms with Crippen LogP contribution in [0.4, 0.5) is 0 Å². The molecule has 80 valence electrons. The molecule has 0 amide bonds. The van der Waals surface area contributed by atoms with E-state index in [1.165, 1.54) is 12.8 Å². The van der Waals surface area contributed by atoms with Gasteiger partial charge < -0.3 is 5.73 Å². The number of hydrogen-bond acceptors (Lipinski definition) is 3. The summed E-state index contributed by atoms with van der Waals surface area (Å²) >= 11 is 0. The lowest BCUT2D eigenvalue weighted by Gasteiger charge is -2.05. The van der Waals surface area contributed by atoms with Gasteiger partial charge in [0.05, 0.1) is 0 Å². The summed E-state index contributed by atoms with van der Waals surface area (Å²) in [4.78, 5) is 16.0. The first-order chi connectivity index (χ1) is 7.33. The number of ketones is 1. The molecule has 15 heavy (non-hydrogen) atoms. The predicted octanol–water partition coefficient (Wildman–Crippen LogP) is 1.88. The summed E-state index contributed by atoms with van der Waals surface area (Å²) in [6.07, 6.45) is 5.36. The minimum atomic E-state index is 0.142. The number of aromatic nitrogens is 1. The Bertz CT molecular complexity index is 358. The summed E-state index contributed by atoms with van der Waals surface area (Å²) in [7, 11) is 0. The number of hydrogen-bond donors (Lipinski definition) is 1. The van der Waals surface area contributed by atoms with E-state index in [1.807, 2.05) is 12.1 Å². The Morgan fingerprint density at radius 3 is 3.00 bits per heavy atom. The van der Waals surface area contributed by atoms with E-state index in [4.69, 9.17) is 5.73 Å². The van der Waals surface area contributed by atoms with E-state index < -0.39 is 0 Å². The largest absolute Gasteiger partial charge is 0.330 e. The third-order valence-electron chi connectivity index (χ3n) is 2.73. The zero-order valence-corrected chi connectivity index (χ0v) is 8.78. The van der Waals surface area contributed by atoms with E-state index in [9.17, 15) is 4.79 Å². The van der Waals surface area contributed by atoms with Crippen molar-refractivity contribution in [2.24, 2.45) is 5.73 Å². The Kier molecular flexibility index (Phi) is 3.11. The molecule has 1 aromatic rings. The van der Waals surface area contributed by atoms with Gasteiger partial charge in [-0.2, -0.15) is 0 Å². The highest BCUT2D eigenvalue weighted by atomic mass is 16.1. The number of Topliss-reactive ketones (excluding diaryl/α,β-unsaturated/α-hetero) is 1. The standard InChI is InChI=1S/C12H16N2O/c13-7-1-4-11(15)12-10(9-5-6-9)3-2-8-14-12/h2-3,8-9H,1,4-7,13H2. The van der Waals surface area contributed by atoms with Gasteiger partial charge in [0.2, 0.25) is 0 Å². The fraction of sp³-hybridized carbons (Fsp3) is 0.500. The maximum absolute atomic E-state index is 11.8. The first-order valence-electron chi connectivity index (χ1n) is 5.51. The third-order valence-corrected chi connectivity index (χ3v) is 2.73. The van der Waals surface area contributed by atoms with Crippen molar-refractivity contribution < 1.29 is 4.79 Å². The predicted molar refractivity (Wildman–Crippen MR) is 58.8 cm³/mol. The maximum atomic E-state index is 11.8. The minimum Gasteiger partial charge on any atom is -0.330 e. The van der Waals surface area contributed by atoms with Crippen LogP contribution in [0.2, 0.25) is 0 Å². The lowest BCUT2D eigenvalue weighted by atomic mass is 10.0. The quantitative estimate of drug-likeness (QED) is 0.745. The lowest BCUT2D eigenvalue weighted by molar-refractivity contribution is 0.0975. The number of rotatable bonds is 5. The van der Waals surface area contributed by atoms with Crippen molar-refractivity contribution in [2.45, 2.75) is 31.6 Å². The zero-order valence-electron chi connectivity index (χ0n) is 8.78. The Labute approximate surface area is 89.7 Å².